The highest BCUT2D eigenvalue weighted by Gasteiger charge is 2.24. The van der Waals surface area contributed by atoms with Crippen molar-refractivity contribution in [1.82, 2.24) is 4.98 Å². The van der Waals surface area contributed by atoms with Gasteiger partial charge in [-0.15, -0.1) is 0 Å². The summed E-state index contributed by atoms with van der Waals surface area (Å²) < 4.78 is 22.7. The van der Waals surface area contributed by atoms with E-state index < -0.39 is 9.84 Å². The maximum Gasteiger partial charge on any atom is 0.190 e. The third-order valence-corrected chi connectivity index (χ3v) is 4.43. The van der Waals surface area contributed by atoms with Crippen LogP contribution in [0.1, 0.15) is 5.69 Å². The van der Waals surface area contributed by atoms with E-state index in [2.05, 4.69) is 10.1 Å². The maximum absolute atomic E-state index is 11.4. The van der Waals surface area contributed by atoms with Crippen LogP contribution < -0.4 is 10.6 Å². The Labute approximate surface area is 105 Å². The standard InChI is InChI=1S/C10H14N4O3S/c11-10(13-15)9-8(2-1-3-12-9)14-4-6-18(16,17)7-5-14/h1-3,15H,4-7H2,(H2,11,13). The van der Waals surface area contributed by atoms with E-state index in [1.54, 1.807) is 12.1 Å². The summed E-state index contributed by atoms with van der Waals surface area (Å²) in [6.07, 6.45) is 1.54. The normalized spacial score (nSPS) is 19.8. The molecule has 1 aromatic rings. The number of nitrogens with zero attached hydrogens (tertiary/aromatic N) is 3. The first-order valence-corrected chi connectivity index (χ1v) is 7.24. The predicted octanol–water partition coefficient (Wildman–Crippen LogP) is -0.589. The molecule has 0 bridgehead atoms. The Kier molecular flexibility index (Phi) is 3.37. The summed E-state index contributed by atoms with van der Waals surface area (Å²) in [5, 5.41) is 11.6. The Morgan fingerprint density at radius 3 is 2.72 bits per heavy atom. The lowest BCUT2D eigenvalue weighted by molar-refractivity contribution is 0.318. The van der Waals surface area contributed by atoms with Crippen molar-refractivity contribution in [1.29, 1.82) is 0 Å². The first kappa shape index (κ1) is 12.6. The van der Waals surface area contributed by atoms with Gasteiger partial charge in [0, 0.05) is 19.3 Å². The molecule has 2 rings (SSSR count). The molecule has 2 heterocycles. The van der Waals surface area contributed by atoms with E-state index in [-0.39, 0.29) is 17.3 Å². The van der Waals surface area contributed by atoms with Crippen LogP contribution in [0.3, 0.4) is 0 Å². The Morgan fingerprint density at radius 1 is 1.44 bits per heavy atom. The monoisotopic (exact) mass is 270 g/mol. The van der Waals surface area contributed by atoms with Gasteiger partial charge < -0.3 is 15.8 Å². The number of rotatable bonds is 2. The summed E-state index contributed by atoms with van der Waals surface area (Å²) in [5.41, 5.74) is 6.59. The lowest BCUT2D eigenvalue weighted by Crippen LogP contribution is -2.41. The fraction of sp³-hybridized carbons (Fsp3) is 0.400. The topological polar surface area (TPSA) is 109 Å². The first-order valence-electron chi connectivity index (χ1n) is 5.42. The van der Waals surface area contributed by atoms with Crippen molar-refractivity contribution >= 4 is 21.4 Å². The zero-order valence-electron chi connectivity index (χ0n) is 9.65. The van der Waals surface area contributed by atoms with E-state index in [4.69, 9.17) is 10.9 Å². The molecular weight excluding hydrogens is 256 g/mol. The van der Waals surface area contributed by atoms with Gasteiger partial charge in [0.25, 0.3) is 0 Å². The molecule has 1 aromatic heterocycles. The van der Waals surface area contributed by atoms with Gasteiger partial charge in [-0.1, -0.05) is 5.16 Å². The fourth-order valence-electron chi connectivity index (χ4n) is 1.85. The number of pyridine rings is 1. The number of aromatic nitrogens is 1. The van der Waals surface area contributed by atoms with E-state index >= 15 is 0 Å². The van der Waals surface area contributed by atoms with Crippen LogP contribution in [-0.2, 0) is 9.84 Å². The highest BCUT2D eigenvalue weighted by atomic mass is 32.2. The molecule has 0 aromatic carbocycles. The molecule has 0 amide bonds. The highest BCUT2D eigenvalue weighted by Crippen LogP contribution is 2.20. The van der Waals surface area contributed by atoms with Crippen LogP contribution in [0.5, 0.6) is 0 Å². The Bertz CT molecular complexity index is 556. The molecule has 1 aliphatic rings. The first-order chi connectivity index (χ1) is 8.53. The number of sulfone groups is 1. The molecule has 0 aliphatic carbocycles. The molecule has 7 nitrogen and oxygen atoms in total. The van der Waals surface area contributed by atoms with Crippen LogP contribution >= 0.6 is 0 Å². The van der Waals surface area contributed by atoms with Crippen molar-refractivity contribution in [2.75, 3.05) is 29.5 Å². The molecule has 1 saturated heterocycles. The summed E-state index contributed by atoms with van der Waals surface area (Å²) in [6.45, 7) is 0.777. The molecule has 0 atom stereocenters. The number of hydrogen-bond acceptors (Lipinski definition) is 6. The molecule has 0 spiro atoms. The van der Waals surface area contributed by atoms with Gasteiger partial charge in [0.2, 0.25) is 0 Å². The highest BCUT2D eigenvalue weighted by molar-refractivity contribution is 7.91. The van der Waals surface area contributed by atoms with Crippen LogP contribution in [-0.4, -0.2) is 49.0 Å². The largest absolute Gasteiger partial charge is 0.409 e. The number of oxime groups is 1. The van der Waals surface area contributed by atoms with Crippen molar-refractivity contribution in [2.24, 2.45) is 10.9 Å². The summed E-state index contributed by atoms with van der Waals surface area (Å²) in [4.78, 5) is 5.93. The molecule has 1 aliphatic heterocycles. The summed E-state index contributed by atoms with van der Waals surface area (Å²) in [7, 11) is -2.94. The Balaban J connectivity index is 2.30. The zero-order chi connectivity index (χ0) is 13.2. The third kappa shape index (κ3) is 2.53. The fourth-order valence-corrected chi connectivity index (χ4v) is 3.05. The van der Waals surface area contributed by atoms with Gasteiger partial charge in [-0.3, -0.25) is 4.98 Å². The van der Waals surface area contributed by atoms with Gasteiger partial charge in [0.15, 0.2) is 15.7 Å². The molecule has 98 valence electrons. The number of amidine groups is 1. The van der Waals surface area contributed by atoms with Crippen LogP contribution in [0.4, 0.5) is 5.69 Å². The van der Waals surface area contributed by atoms with Gasteiger partial charge in [-0.05, 0) is 12.1 Å². The number of hydrogen-bond donors (Lipinski definition) is 2. The Hall–Kier alpha value is -1.83. The summed E-state index contributed by atoms with van der Waals surface area (Å²) >= 11 is 0. The van der Waals surface area contributed by atoms with Crippen molar-refractivity contribution in [3.63, 3.8) is 0 Å². The van der Waals surface area contributed by atoms with E-state index in [0.29, 0.717) is 24.5 Å². The van der Waals surface area contributed by atoms with Crippen LogP contribution in [0.15, 0.2) is 23.5 Å². The van der Waals surface area contributed by atoms with Gasteiger partial charge in [0.05, 0.1) is 17.2 Å². The lowest BCUT2D eigenvalue weighted by Gasteiger charge is -2.29. The average molecular weight is 270 g/mol. The van der Waals surface area contributed by atoms with Crippen LogP contribution in [0, 0.1) is 0 Å². The van der Waals surface area contributed by atoms with E-state index in [1.807, 2.05) is 4.90 Å². The van der Waals surface area contributed by atoms with Crippen molar-refractivity contribution in [3.05, 3.63) is 24.0 Å². The third-order valence-electron chi connectivity index (χ3n) is 2.82. The molecule has 0 radical (unpaired) electrons. The molecular formula is C10H14N4O3S. The van der Waals surface area contributed by atoms with Crippen molar-refractivity contribution in [2.45, 2.75) is 0 Å². The van der Waals surface area contributed by atoms with E-state index in [1.165, 1.54) is 6.20 Å². The van der Waals surface area contributed by atoms with E-state index in [9.17, 15) is 8.42 Å². The van der Waals surface area contributed by atoms with Crippen LogP contribution in [0.2, 0.25) is 0 Å². The molecule has 1 fully saturated rings. The average Bonchev–Trinajstić information content (AvgIpc) is 2.38. The second-order valence-electron chi connectivity index (χ2n) is 4.00. The van der Waals surface area contributed by atoms with Gasteiger partial charge >= 0.3 is 0 Å². The van der Waals surface area contributed by atoms with Gasteiger partial charge in [-0.2, -0.15) is 0 Å². The maximum atomic E-state index is 11.4. The van der Waals surface area contributed by atoms with Crippen molar-refractivity contribution in [3.8, 4) is 0 Å². The summed E-state index contributed by atoms with van der Waals surface area (Å²) in [6, 6.07) is 3.50. The second kappa shape index (κ2) is 4.81. The van der Waals surface area contributed by atoms with Gasteiger partial charge in [0.1, 0.15) is 5.69 Å². The molecule has 0 saturated carbocycles. The van der Waals surface area contributed by atoms with E-state index in [0.717, 1.165) is 0 Å². The SMILES string of the molecule is N/C(=N/O)c1ncccc1N1CCS(=O)(=O)CC1. The molecule has 18 heavy (non-hydrogen) atoms. The molecule has 8 heteroatoms. The van der Waals surface area contributed by atoms with Crippen molar-refractivity contribution < 1.29 is 13.6 Å². The second-order valence-corrected chi connectivity index (χ2v) is 6.30. The minimum absolute atomic E-state index is 0.0842. The van der Waals surface area contributed by atoms with Gasteiger partial charge in [-0.25, -0.2) is 8.42 Å². The quantitative estimate of drug-likeness (QED) is 0.322. The number of nitrogens with two attached hydrogens (primary N) is 1. The number of anilines is 1. The zero-order valence-corrected chi connectivity index (χ0v) is 10.5. The Morgan fingerprint density at radius 2 is 2.11 bits per heavy atom. The predicted molar refractivity (Wildman–Crippen MR) is 67.6 cm³/mol. The minimum Gasteiger partial charge on any atom is -0.409 e. The lowest BCUT2D eigenvalue weighted by atomic mass is 10.2. The molecule has 0 unspecified atom stereocenters. The van der Waals surface area contributed by atoms with Crippen LogP contribution in [0.25, 0.3) is 0 Å². The summed E-state index contributed by atoms with van der Waals surface area (Å²) in [5.74, 6) is 0.133. The molecule has 3 N–H and O–H groups in total. The smallest absolute Gasteiger partial charge is 0.190 e. The minimum atomic E-state index is -2.94.